The first-order valence-electron chi connectivity index (χ1n) is 11.4. The molecule has 2 aliphatic rings. The Morgan fingerprint density at radius 1 is 0.844 bits per heavy atom. The van der Waals surface area contributed by atoms with Crippen LogP contribution in [0.2, 0.25) is 0 Å². The van der Waals surface area contributed by atoms with Crippen LogP contribution < -0.4 is 10.6 Å². The Morgan fingerprint density at radius 2 is 1.47 bits per heavy atom. The Balaban J connectivity index is 1.39. The molecule has 10 heteroatoms. The van der Waals surface area contributed by atoms with Crippen molar-refractivity contribution in [1.82, 2.24) is 30.4 Å². The zero-order chi connectivity index (χ0) is 21.9. The van der Waals surface area contributed by atoms with Crippen LogP contribution in [0, 0.1) is 0 Å². The third kappa shape index (κ3) is 4.52. The molecule has 2 saturated carbocycles. The minimum Gasteiger partial charge on any atom is -0.348 e. The summed E-state index contributed by atoms with van der Waals surface area (Å²) in [4.78, 5) is 27.4. The lowest BCUT2D eigenvalue weighted by molar-refractivity contribution is 0.0915. The van der Waals surface area contributed by atoms with Crippen LogP contribution in [0.3, 0.4) is 0 Å². The van der Waals surface area contributed by atoms with Crippen LogP contribution in [0.25, 0.3) is 19.8 Å². The van der Waals surface area contributed by atoms with E-state index in [9.17, 15) is 9.59 Å². The molecule has 0 unspecified atom stereocenters. The molecule has 8 nitrogen and oxygen atoms in total. The van der Waals surface area contributed by atoms with E-state index in [1.807, 2.05) is 6.07 Å². The largest absolute Gasteiger partial charge is 0.348 e. The van der Waals surface area contributed by atoms with E-state index in [0.29, 0.717) is 11.4 Å². The van der Waals surface area contributed by atoms with Crippen molar-refractivity contribution < 1.29 is 9.59 Å². The van der Waals surface area contributed by atoms with Crippen molar-refractivity contribution in [1.29, 1.82) is 0 Å². The van der Waals surface area contributed by atoms with Gasteiger partial charge in [0.25, 0.3) is 11.8 Å². The van der Waals surface area contributed by atoms with E-state index in [1.165, 1.54) is 35.7 Å². The second kappa shape index (κ2) is 9.58. The smallest absolute Gasteiger partial charge is 0.273 e. The van der Waals surface area contributed by atoms with Crippen molar-refractivity contribution in [2.75, 3.05) is 0 Å². The number of hydrogen-bond acceptors (Lipinski definition) is 8. The third-order valence-corrected chi connectivity index (χ3v) is 8.42. The van der Waals surface area contributed by atoms with Crippen LogP contribution in [-0.2, 0) is 0 Å². The first-order chi connectivity index (χ1) is 15.7. The molecule has 2 aliphatic carbocycles. The van der Waals surface area contributed by atoms with Gasteiger partial charge in [0.2, 0.25) is 0 Å². The average Bonchev–Trinajstić information content (AvgIpc) is 3.47. The normalized spacial score (nSPS) is 18.0. The second-order valence-electron chi connectivity index (χ2n) is 8.66. The number of nitrogens with zero attached hydrogens (tertiary/aromatic N) is 4. The summed E-state index contributed by atoms with van der Waals surface area (Å²) in [6.45, 7) is 0. The molecule has 0 saturated heterocycles. The van der Waals surface area contributed by atoms with Gasteiger partial charge in [0.1, 0.15) is 0 Å². The van der Waals surface area contributed by atoms with Crippen LogP contribution in [0.15, 0.2) is 12.3 Å². The quantitative estimate of drug-likeness (QED) is 0.574. The predicted molar refractivity (Wildman–Crippen MR) is 125 cm³/mol. The van der Waals surface area contributed by atoms with Crippen molar-refractivity contribution in [2.24, 2.45) is 0 Å². The Bertz CT molecular complexity index is 1110. The average molecular weight is 471 g/mol. The van der Waals surface area contributed by atoms with E-state index in [-0.39, 0.29) is 23.9 Å². The van der Waals surface area contributed by atoms with Crippen LogP contribution in [0.4, 0.5) is 0 Å². The van der Waals surface area contributed by atoms with Gasteiger partial charge in [0, 0.05) is 22.3 Å². The maximum absolute atomic E-state index is 12.9. The molecule has 3 aromatic rings. The number of rotatable bonds is 5. The van der Waals surface area contributed by atoms with Crippen molar-refractivity contribution in [2.45, 2.75) is 76.3 Å². The number of amides is 2. The number of nitrogens with one attached hydrogen (secondary N) is 2. The Labute approximate surface area is 194 Å². The topological polar surface area (TPSA) is 110 Å². The maximum atomic E-state index is 12.9. The summed E-state index contributed by atoms with van der Waals surface area (Å²) in [7, 11) is 0. The van der Waals surface area contributed by atoms with E-state index >= 15 is 0 Å². The maximum Gasteiger partial charge on any atom is 0.273 e. The molecule has 32 heavy (non-hydrogen) atoms. The minimum absolute atomic E-state index is 0.176. The molecule has 2 N–H and O–H groups in total. The summed E-state index contributed by atoms with van der Waals surface area (Å²) in [6.07, 6.45) is 12.8. The van der Waals surface area contributed by atoms with Crippen molar-refractivity contribution in [3.8, 4) is 9.75 Å². The minimum atomic E-state index is -0.180. The number of carbonyl (C=O) groups excluding carboxylic acids is 2. The number of aromatic nitrogens is 4. The van der Waals surface area contributed by atoms with Gasteiger partial charge in [0.05, 0.1) is 15.8 Å². The molecule has 168 valence electrons. The molecule has 5 rings (SSSR count). The van der Waals surface area contributed by atoms with Gasteiger partial charge in [-0.15, -0.1) is 21.5 Å². The predicted octanol–water partition coefficient (Wildman–Crippen LogP) is 4.33. The van der Waals surface area contributed by atoms with Crippen molar-refractivity contribution in [3.63, 3.8) is 0 Å². The van der Waals surface area contributed by atoms with Crippen molar-refractivity contribution >= 4 is 44.8 Å². The van der Waals surface area contributed by atoms with Gasteiger partial charge < -0.3 is 10.6 Å². The molecule has 0 bridgehead atoms. The molecule has 0 spiro atoms. The van der Waals surface area contributed by atoms with E-state index in [4.69, 9.17) is 0 Å². The molecule has 3 aromatic heterocycles. The van der Waals surface area contributed by atoms with E-state index in [0.717, 1.165) is 71.2 Å². The highest BCUT2D eigenvalue weighted by Crippen LogP contribution is 2.37. The van der Waals surface area contributed by atoms with Gasteiger partial charge in [-0.3, -0.25) is 9.59 Å². The Kier molecular flexibility index (Phi) is 6.40. The molecule has 2 amide bonds. The monoisotopic (exact) mass is 470 g/mol. The number of thiophene rings is 1. The van der Waals surface area contributed by atoms with Gasteiger partial charge in [-0.2, -0.15) is 5.10 Å². The lowest BCUT2D eigenvalue weighted by Gasteiger charge is -2.22. The zero-order valence-corrected chi connectivity index (χ0v) is 19.4. The van der Waals surface area contributed by atoms with Crippen LogP contribution in [-0.4, -0.2) is 43.7 Å². The van der Waals surface area contributed by atoms with Gasteiger partial charge >= 0.3 is 0 Å². The summed E-state index contributed by atoms with van der Waals surface area (Å²) in [5.74, 6) is -0.356. The fourth-order valence-electron chi connectivity index (χ4n) is 4.64. The second-order valence-corrected chi connectivity index (χ2v) is 10.5. The van der Waals surface area contributed by atoms with Gasteiger partial charge in [-0.25, -0.2) is 0 Å². The molecule has 3 heterocycles. The van der Waals surface area contributed by atoms with E-state index in [1.54, 1.807) is 6.20 Å². The Hall–Kier alpha value is -2.46. The molecular weight excluding hydrogens is 444 g/mol. The van der Waals surface area contributed by atoms with Gasteiger partial charge in [-0.05, 0) is 43.3 Å². The fourth-order valence-corrected chi connectivity index (χ4v) is 6.51. The van der Waals surface area contributed by atoms with Crippen molar-refractivity contribution in [3.05, 3.63) is 23.7 Å². The lowest BCUT2D eigenvalue weighted by atomic mass is 9.95. The first kappa shape index (κ1) is 21.4. The molecule has 0 atom stereocenters. The van der Waals surface area contributed by atoms with Crippen LogP contribution >= 0.6 is 22.9 Å². The molecule has 0 aliphatic heterocycles. The summed E-state index contributed by atoms with van der Waals surface area (Å²) in [5, 5.41) is 19.4. The SMILES string of the molecule is O=C(NC1CCCCC1)c1nnsc1-c1cc2cnnc(C(=O)NC3CCCCC3)c2s1. The van der Waals surface area contributed by atoms with Crippen LogP contribution in [0.5, 0.6) is 0 Å². The first-order valence-corrected chi connectivity index (χ1v) is 13.0. The summed E-state index contributed by atoms with van der Waals surface area (Å²) in [5.41, 5.74) is 0.691. The molecular formula is C22H26N6O2S2. The lowest BCUT2D eigenvalue weighted by Crippen LogP contribution is -2.36. The third-order valence-electron chi connectivity index (χ3n) is 6.35. The highest BCUT2D eigenvalue weighted by atomic mass is 32.1. The van der Waals surface area contributed by atoms with Gasteiger partial charge in [0.15, 0.2) is 11.4 Å². The molecule has 0 radical (unpaired) electrons. The van der Waals surface area contributed by atoms with Crippen LogP contribution in [0.1, 0.15) is 85.2 Å². The zero-order valence-electron chi connectivity index (χ0n) is 17.8. The summed E-state index contributed by atoms with van der Waals surface area (Å²) < 4.78 is 4.82. The van der Waals surface area contributed by atoms with Gasteiger partial charge in [-0.1, -0.05) is 43.0 Å². The Morgan fingerprint density at radius 3 is 2.12 bits per heavy atom. The number of carbonyl (C=O) groups is 2. The molecule has 2 fully saturated rings. The molecule has 0 aromatic carbocycles. The fraction of sp³-hybridized carbons (Fsp3) is 0.545. The summed E-state index contributed by atoms with van der Waals surface area (Å²) in [6, 6.07) is 2.35. The van der Waals surface area contributed by atoms with E-state index in [2.05, 4.69) is 30.4 Å². The van der Waals surface area contributed by atoms with E-state index < -0.39 is 0 Å². The number of fused-ring (bicyclic) bond motifs is 1. The highest BCUT2D eigenvalue weighted by Gasteiger charge is 2.25. The standard InChI is InChI=1S/C22H26N6O2S2/c29-21(24-14-7-3-1-4-8-14)17-19-13(12-23-26-17)11-16(31-19)20-18(27-28-32-20)22(30)25-15-9-5-2-6-10-15/h11-12,14-15H,1-10H2,(H,24,29)(H,25,30). The highest BCUT2D eigenvalue weighted by molar-refractivity contribution is 7.25. The number of hydrogen-bond donors (Lipinski definition) is 2. The summed E-state index contributed by atoms with van der Waals surface area (Å²) >= 11 is 2.63.